The number of hydrogen-bond donors (Lipinski definition) is 1. The van der Waals surface area contributed by atoms with Gasteiger partial charge < -0.3 is 10.2 Å². The summed E-state index contributed by atoms with van der Waals surface area (Å²) in [4.78, 5) is 4.89. The van der Waals surface area contributed by atoms with Crippen LogP contribution in [-0.4, -0.2) is 62.2 Å². The van der Waals surface area contributed by atoms with Crippen LogP contribution in [0.25, 0.3) is 0 Å². The SMILES string of the molecule is CC(C)CN1CC(CN(C)C)NCC1C. The average molecular weight is 213 g/mol. The van der Waals surface area contributed by atoms with E-state index in [4.69, 9.17) is 0 Å². The summed E-state index contributed by atoms with van der Waals surface area (Å²) >= 11 is 0. The van der Waals surface area contributed by atoms with Gasteiger partial charge in [0.05, 0.1) is 0 Å². The van der Waals surface area contributed by atoms with Crippen LogP contribution in [0.15, 0.2) is 0 Å². The van der Waals surface area contributed by atoms with Crippen LogP contribution >= 0.6 is 0 Å². The quantitative estimate of drug-likeness (QED) is 0.747. The van der Waals surface area contributed by atoms with Crippen molar-refractivity contribution in [1.29, 1.82) is 0 Å². The highest BCUT2D eigenvalue weighted by molar-refractivity contribution is 4.85. The Morgan fingerprint density at radius 3 is 2.60 bits per heavy atom. The molecule has 15 heavy (non-hydrogen) atoms. The Labute approximate surface area is 94.8 Å². The zero-order chi connectivity index (χ0) is 11.4. The highest BCUT2D eigenvalue weighted by atomic mass is 15.2. The molecule has 1 aliphatic heterocycles. The molecule has 2 atom stereocenters. The van der Waals surface area contributed by atoms with Crippen molar-refractivity contribution in [2.75, 3.05) is 40.3 Å². The van der Waals surface area contributed by atoms with Crippen LogP contribution in [0, 0.1) is 5.92 Å². The van der Waals surface area contributed by atoms with Gasteiger partial charge in [-0.3, -0.25) is 4.90 Å². The van der Waals surface area contributed by atoms with Crippen LogP contribution in [0.4, 0.5) is 0 Å². The van der Waals surface area contributed by atoms with Crippen LogP contribution in [0.2, 0.25) is 0 Å². The van der Waals surface area contributed by atoms with Crippen LogP contribution in [0.5, 0.6) is 0 Å². The third-order valence-electron chi connectivity index (χ3n) is 2.97. The van der Waals surface area contributed by atoms with E-state index in [1.54, 1.807) is 0 Å². The smallest absolute Gasteiger partial charge is 0.0323 e. The summed E-state index contributed by atoms with van der Waals surface area (Å²) < 4.78 is 0. The van der Waals surface area contributed by atoms with Crippen LogP contribution in [0.1, 0.15) is 20.8 Å². The van der Waals surface area contributed by atoms with Crippen molar-refractivity contribution in [3.8, 4) is 0 Å². The van der Waals surface area contributed by atoms with E-state index in [2.05, 4.69) is 50.0 Å². The first-order valence-electron chi connectivity index (χ1n) is 6.11. The maximum absolute atomic E-state index is 3.62. The second kappa shape index (κ2) is 5.83. The summed E-state index contributed by atoms with van der Waals surface area (Å²) in [6.45, 7) is 11.6. The fourth-order valence-corrected chi connectivity index (χ4v) is 2.28. The number of nitrogens with one attached hydrogen (secondary N) is 1. The van der Waals surface area contributed by atoms with E-state index in [1.807, 2.05) is 0 Å². The number of nitrogens with zero attached hydrogens (tertiary/aromatic N) is 2. The maximum atomic E-state index is 3.62. The van der Waals surface area contributed by atoms with E-state index >= 15 is 0 Å². The Morgan fingerprint density at radius 2 is 2.07 bits per heavy atom. The molecule has 0 aromatic carbocycles. The summed E-state index contributed by atoms with van der Waals surface area (Å²) in [5.41, 5.74) is 0. The lowest BCUT2D eigenvalue weighted by Gasteiger charge is -2.40. The Bertz CT molecular complexity index is 180. The maximum Gasteiger partial charge on any atom is 0.0323 e. The van der Waals surface area contributed by atoms with E-state index in [1.165, 1.54) is 13.1 Å². The number of rotatable bonds is 4. The van der Waals surface area contributed by atoms with Gasteiger partial charge in [0, 0.05) is 38.3 Å². The molecular weight excluding hydrogens is 186 g/mol. The summed E-state index contributed by atoms with van der Waals surface area (Å²) in [5, 5.41) is 3.62. The molecule has 1 aliphatic rings. The molecule has 0 spiro atoms. The van der Waals surface area contributed by atoms with Crippen molar-refractivity contribution >= 4 is 0 Å². The minimum Gasteiger partial charge on any atom is -0.310 e. The summed E-state index contributed by atoms with van der Waals surface area (Å²) in [6.07, 6.45) is 0. The molecule has 1 rings (SSSR count). The molecular formula is C12H27N3. The van der Waals surface area contributed by atoms with Crippen molar-refractivity contribution in [3.05, 3.63) is 0 Å². The predicted octanol–water partition coefficient (Wildman–Crippen LogP) is 0.866. The van der Waals surface area contributed by atoms with E-state index in [9.17, 15) is 0 Å². The van der Waals surface area contributed by atoms with E-state index in [0.29, 0.717) is 12.1 Å². The normalized spacial score (nSPS) is 29.0. The fourth-order valence-electron chi connectivity index (χ4n) is 2.28. The number of piperazine rings is 1. The third kappa shape index (κ3) is 4.49. The van der Waals surface area contributed by atoms with Gasteiger partial charge in [0.2, 0.25) is 0 Å². The van der Waals surface area contributed by atoms with Crippen molar-refractivity contribution in [3.63, 3.8) is 0 Å². The lowest BCUT2D eigenvalue weighted by atomic mass is 10.1. The lowest BCUT2D eigenvalue weighted by molar-refractivity contribution is 0.115. The Hall–Kier alpha value is -0.120. The first-order chi connectivity index (χ1) is 6.99. The van der Waals surface area contributed by atoms with E-state index in [0.717, 1.165) is 19.0 Å². The van der Waals surface area contributed by atoms with Gasteiger partial charge in [0.25, 0.3) is 0 Å². The molecule has 2 unspecified atom stereocenters. The highest BCUT2D eigenvalue weighted by Crippen LogP contribution is 2.10. The van der Waals surface area contributed by atoms with Gasteiger partial charge in [-0.05, 0) is 26.9 Å². The monoisotopic (exact) mass is 213 g/mol. The largest absolute Gasteiger partial charge is 0.310 e. The molecule has 0 saturated carbocycles. The second-order valence-electron chi connectivity index (χ2n) is 5.56. The van der Waals surface area contributed by atoms with Gasteiger partial charge in [-0.1, -0.05) is 13.8 Å². The topological polar surface area (TPSA) is 18.5 Å². The van der Waals surface area contributed by atoms with Gasteiger partial charge in [-0.15, -0.1) is 0 Å². The highest BCUT2D eigenvalue weighted by Gasteiger charge is 2.25. The zero-order valence-corrected chi connectivity index (χ0v) is 11.0. The molecule has 0 aromatic rings. The number of hydrogen-bond acceptors (Lipinski definition) is 3. The molecule has 0 aromatic heterocycles. The van der Waals surface area contributed by atoms with E-state index < -0.39 is 0 Å². The van der Waals surface area contributed by atoms with Gasteiger partial charge in [-0.2, -0.15) is 0 Å². The Morgan fingerprint density at radius 1 is 1.40 bits per heavy atom. The lowest BCUT2D eigenvalue weighted by Crippen LogP contribution is -2.58. The fraction of sp³-hybridized carbons (Fsp3) is 1.00. The molecule has 0 aliphatic carbocycles. The molecule has 0 bridgehead atoms. The third-order valence-corrected chi connectivity index (χ3v) is 2.97. The first kappa shape index (κ1) is 12.9. The van der Waals surface area contributed by atoms with Gasteiger partial charge in [0.15, 0.2) is 0 Å². The average Bonchev–Trinajstić information content (AvgIpc) is 2.09. The Balaban J connectivity index is 2.41. The van der Waals surface area contributed by atoms with Crippen molar-refractivity contribution in [2.45, 2.75) is 32.9 Å². The van der Waals surface area contributed by atoms with Crippen LogP contribution in [0.3, 0.4) is 0 Å². The zero-order valence-electron chi connectivity index (χ0n) is 11.0. The molecule has 90 valence electrons. The second-order valence-corrected chi connectivity index (χ2v) is 5.56. The predicted molar refractivity (Wildman–Crippen MR) is 66.2 cm³/mol. The van der Waals surface area contributed by atoms with Gasteiger partial charge >= 0.3 is 0 Å². The Kier molecular flexibility index (Phi) is 5.03. The molecule has 0 amide bonds. The van der Waals surface area contributed by atoms with Gasteiger partial charge in [0.1, 0.15) is 0 Å². The van der Waals surface area contributed by atoms with Crippen molar-refractivity contribution < 1.29 is 0 Å². The standard InChI is InChI=1S/C12H27N3/c1-10(2)7-15-9-12(8-14(4)5)13-6-11(15)3/h10-13H,6-9H2,1-5H3. The molecule has 1 fully saturated rings. The minimum atomic E-state index is 0.634. The number of likely N-dealkylation sites (N-methyl/N-ethyl adjacent to an activating group) is 1. The van der Waals surface area contributed by atoms with Crippen LogP contribution in [-0.2, 0) is 0 Å². The summed E-state index contributed by atoms with van der Waals surface area (Å²) in [5.74, 6) is 0.769. The van der Waals surface area contributed by atoms with Crippen LogP contribution < -0.4 is 5.32 Å². The van der Waals surface area contributed by atoms with E-state index in [-0.39, 0.29) is 0 Å². The molecule has 0 radical (unpaired) electrons. The van der Waals surface area contributed by atoms with Crippen molar-refractivity contribution in [1.82, 2.24) is 15.1 Å². The van der Waals surface area contributed by atoms with Crippen molar-refractivity contribution in [2.24, 2.45) is 5.92 Å². The molecule has 3 heteroatoms. The molecule has 1 heterocycles. The minimum absolute atomic E-state index is 0.634. The molecule has 1 saturated heterocycles. The molecule has 3 nitrogen and oxygen atoms in total. The summed E-state index contributed by atoms with van der Waals surface area (Å²) in [6, 6.07) is 1.32. The first-order valence-corrected chi connectivity index (χ1v) is 6.11. The summed E-state index contributed by atoms with van der Waals surface area (Å²) in [7, 11) is 4.29. The molecule has 1 N–H and O–H groups in total. The van der Waals surface area contributed by atoms with Gasteiger partial charge in [-0.25, -0.2) is 0 Å².